The molecule has 2 heteroatoms. The summed E-state index contributed by atoms with van der Waals surface area (Å²) in [5, 5.41) is 2.15. The van der Waals surface area contributed by atoms with Gasteiger partial charge in [-0.25, -0.2) is 0 Å². The van der Waals surface area contributed by atoms with Crippen LogP contribution in [0.15, 0.2) is 11.6 Å². The van der Waals surface area contributed by atoms with Crippen LogP contribution in [0.1, 0.15) is 13.3 Å². The van der Waals surface area contributed by atoms with E-state index in [2.05, 4.69) is 23.4 Å². The molecule has 0 radical (unpaired) electrons. The Morgan fingerprint density at radius 3 is 3.12 bits per heavy atom. The Hall–Kier alpha value is -0.110. The van der Waals surface area contributed by atoms with Crippen molar-refractivity contribution in [2.45, 2.75) is 13.3 Å². The molecule has 0 N–H and O–H groups in total. The lowest BCUT2D eigenvalue weighted by Crippen LogP contribution is -2.13. The Kier molecular flexibility index (Phi) is 2.27. The summed E-state index contributed by atoms with van der Waals surface area (Å²) in [4.78, 5) is 2.32. The van der Waals surface area contributed by atoms with E-state index in [0.717, 1.165) is 5.88 Å². The van der Waals surface area contributed by atoms with Gasteiger partial charge in [0.1, 0.15) is 0 Å². The van der Waals surface area contributed by atoms with E-state index in [0.29, 0.717) is 0 Å². The van der Waals surface area contributed by atoms with Crippen molar-refractivity contribution in [2.24, 2.45) is 0 Å². The molecule has 1 aliphatic rings. The molecule has 46 valence electrons. The number of rotatable bonds is 2. The van der Waals surface area contributed by atoms with Crippen LogP contribution in [0.25, 0.3) is 0 Å². The van der Waals surface area contributed by atoms with Gasteiger partial charge in [-0.05, 0) is 11.8 Å². The highest BCUT2D eigenvalue weighted by molar-refractivity contribution is 8.02. The van der Waals surface area contributed by atoms with Gasteiger partial charge in [0.2, 0.25) is 0 Å². The molecule has 1 rings (SSSR count). The lowest BCUT2D eigenvalue weighted by atomic mass is 10.5. The second kappa shape index (κ2) is 3.02. The quantitative estimate of drug-likeness (QED) is 0.560. The molecule has 8 heavy (non-hydrogen) atoms. The zero-order valence-corrected chi connectivity index (χ0v) is 5.95. The third-order valence-electron chi connectivity index (χ3n) is 1.12. The molecule has 0 aliphatic carbocycles. The minimum absolute atomic E-state index is 1.16. The van der Waals surface area contributed by atoms with Crippen LogP contribution in [0.3, 0.4) is 0 Å². The lowest BCUT2D eigenvalue weighted by Gasteiger charge is -2.11. The topological polar surface area (TPSA) is 3.24 Å². The minimum Gasteiger partial charge on any atom is -0.367 e. The summed E-state index contributed by atoms with van der Waals surface area (Å²) in [5.74, 6) is 1.16. The molecule has 0 aromatic heterocycles. The van der Waals surface area contributed by atoms with Crippen molar-refractivity contribution in [2.75, 3.05) is 12.4 Å². The highest BCUT2D eigenvalue weighted by Gasteiger charge is 2.00. The van der Waals surface area contributed by atoms with E-state index >= 15 is 0 Å². The number of nitrogens with zero attached hydrogens (tertiary/aromatic N) is 1. The Morgan fingerprint density at radius 2 is 2.62 bits per heavy atom. The van der Waals surface area contributed by atoms with Gasteiger partial charge >= 0.3 is 0 Å². The van der Waals surface area contributed by atoms with E-state index in [1.807, 2.05) is 11.8 Å². The van der Waals surface area contributed by atoms with Crippen molar-refractivity contribution in [3.63, 3.8) is 0 Å². The van der Waals surface area contributed by atoms with Gasteiger partial charge in [-0.1, -0.05) is 6.92 Å². The van der Waals surface area contributed by atoms with E-state index in [9.17, 15) is 0 Å². The van der Waals surface area contributed by atoms with Gasteiger partial charge in [0.05, 0.1) is 5.88 Å². The molecule has 0 bridgehead atoms. The van der Waals surface area contributed by atoms with Crippen LogP contribution < -0.4 is 0 Å². The van der Waals surface area contributed by atoms with Crippen LogP contribution >= 0.6 is 11.8 Å². The largest absolute Gasteiger partial charge is 0.367 e. The average molecular weight is 129 g/mol. The molecule has 0 atom stereocenters. The molecule has 0 spiro atoms. The van der Waals surface area contributed by atoms with Gasteiger partial charge in [-0.2, -0.15) is 0 Å². The summed E-state index contributed by atoms with van der Waals surface area (Å²) >= 11 is 1.87. The minimum atomic E-state index is 1.16. The van der Waals surface area contributed by atoms with Crippen LogP contribution in [0.5, 0.6) is 0 Å². The first-order chi connectivity index (χ1) is 3.93. The van der Waals surface area contributed by atoms with Crippen molar-refractivity contribution < 1.29 is 0 Å². The predicted octanol–water partition coefficient (Wildman–Crippen LogP) is 1.87. The van der Waals surface area contributed by atoms with Crippen molar-refractivity contribution >= 4 is 11.8 Å². The zero-order valence-electron chi connectivity index (χ0n) is 5.13. The first kappa shape index (κ1) is 6.02. The number of hydrogen-bond donors (Lipinski definition) is 0. The second-order valence-corrected chi connectivity index (χ2v) is 2.76. The second-order valence-electron chi connectivity index (χ2n) is 1.89. The summed E-state index contributed by atoms with van der Waals surface area (Å²) in [7, 11) is 0. The predicted molar refractivity (Wildman–Crippen MR) is 38.6 cm³/mol. The van der Waals surface area contributed by atoms with Gasteiger partial charge < -0.3 is 4.90 Å². The third-order valence-corrected chi connectivity index (χ3v) is 1.91. The summed E-state index contributed by atoms with van der Waals surface area (Å²) in [6, 6.07) is 0. The van der Waals surface area contributed by atoms with Crippen LogP contribution in [-0.2, 0) is 0 Å². The van der Waals surface area contributed by atoms with Crippen molar-refractivity contribution in [3.05, 3.63) is 11.6 Å². The van der Waals surface area contributed by atoms with Gasteiger partial charge in [-0.3, -0.25) is 0 Å². The van der Waals surface area contributed by atoms with Crippen LogP contribution in [0.4, 0.5) is 0 Å². The standard InChI is InChI=1S/C6H11NS/c1-2-3-7-4-5-8-6-7/h4-5H,2-3,6H2,1H3. The van der Waals surface area contributed by atoms with Crippen molar-refractivity contribution in [3.8, 4) is 0 Å². The molecule has 1 heterocycles. The van der Waals surface area contributed by atoms with Crippen LogP contribution in [0.2, 0.25) is 0 Å². The summed E-state index contributed by atoms with van der Waals surface area (Å²) in [6.45, 7) is 3.42. The Balaban J connectivity index is 2.16. The first-order valence-electron chi connectivity index (χ1n) is 2.96. The Bertz CT molecular complexity index is 90.5. The van der Waals surface area contributed by atoms with Gasteiger partial charge in [0.25, 0.3) is 0 Å². The number of thioether (sulfide) groups is 1. The third kappa shape index (κ3) is 1.44. The van der Waals surface area contributed by atoms with Gasteiger partial charge in [-0.15, -0.1) is 11.8 Å². The molecule has 1 nitrogen and oxygen atoms in total. The van der Waals surface area contributed by atoms with E-state index in [1.165, 1.54) is 13.0 Å². The average Bonchev–Trinajstić information content (AvgIpc) is 2.19. The highest BCUT2D eigenvalue weighted by atomic mass is 32.2. The molecule has 0 saturated carbocycles. The molecule has 0 unspecified atom stereocenters. The fraction of sp³-hybridized carbons (Fsp3) is 0.667. The van der Waals surface area contributed by atoms with Gasteiger partial charge in [0, 0.05) is 12.7 Å². The van der Waals surface area contributed by atoms with E-state index in [1.54, 1.807) is 0 Å². The molecular formula is C6H11NS. The maximum absolute atomic E-state index is 2.32. The molecule has 0 fully saturated rings. The van der Waals surface area contributed by atoms with Gasteiger partial charge in [0.15, 0.2) is 0 Å². The van der Waals surface area contributed by atoms with E-state index in [4.69, 9.17) is 0 Å². The van der Waals surface area contributed by atoms with E-state index in [-0.39, 0.29) is 0 Å². The SMILES string of the molecule is CCCN1C=CSC1. The zero-order chi connectivity index (χ0) is 5.82. The molecule has 0 aromatic carbocycles. The number of hydrogen-bond acceptors (Lipinski definition) is 2. The maximum Gasteiger partial charge on any atom is 0.0675 e. The fourth-order valence-corrected chi connectivity index (χ4v) is 1.49. The molecular weight excluding hydrogens is 118 g/mol. The first-order valence-corrected chi connectivity index (χ1v) is 4.00. The Morgan fingerprint density at radius 1 is 1.75 bits per heavy atom. The maximum atomic E-state index is 2.32. The molecule has 1 aliphatic heterocycles. The molecule has 0 aromatic rings. The van der Waals surface area contributed by atoms with Crippen molar-refractivity contribution in [1.82, 2.24) is 4.90 Å². The van der Waals surface area contributed by atoms with Crippen molar-refractivity contribution in [1.29, 1.82) is 0 Å². The molecule has 0 saturated heterocycles. The van der Waals surface area contributed by atoms with E-state index < -0.39 is 0 Å². The van der Waals surface area contributed by atoms with Crippen LogP contribution in [0, 0.1) is 0 Å². The summed E-state index contributed by atoms with van der Waals surface area (Å²) in [6.07, 6.45) is 3.42. The summed E-state index contributed by atoms with van der Waals surface area (Å²) < 4.78 is 0. The lowest BCUT2D eigenvalue weighted by molar-refractivity contribution is 0.445. The van der Waals surface area contributed by atoms with Crippen LogP contribution in [-0.4, -0.2) is 17.3 Å². The fourth-order valence-electron chi connectivity index (χ4n) is 0.737. The normalized spacial score (nSPS) is 17.9. The Labute approximate surface area is 54.8 Å². The smallest absolute Gasteiger partial charge is 0.0675 e. The highest BCUT2D eigenvalue weighted by Crippen LogP contribution is 2.14. The monoisotopic (exact) mass is 129 g/mol. The summed E-state index contributed by atoms with van der Waals surface area (Å²) in [5.41, 5.74) is 0. The molecule has 0 amide bonds.